The van der Waals surface area contributed by atoms with Gasteiger partial charge in [0.2, 0.25) is 0 Å². The van der Waals surface area contributed by atoms with Crippen LogP contribution >= 0.6 is 0 Å². The Bertz CT molecular complexity index is 319. The van der Waals surface area contributed by atoms with Crippen molar-refractivity contribution in [3.63, 3.8) is 0 Å². The zero-order chi connectivity index (χ0) is 14.6. The molecule has 1 amide bonds. The average molecular weight is 282 g/mol. The monoisotopic (exact) mass is 282 g/mol. The number of rotatable bonds is 1. The number of piperidine rings is 1. The van der Waals surface area contributed by atoms with Crippen LogP contribution in [0.3, 0.4) is 0 Å². The summed E-state index contributed by atoms with van der Waals surface area (Å²) in [6.07, 6.45) is 7.00. The summed E-state index contributed by atoms with van der Waals surface area (Å²) in [6, 6.07) is 0.384. The number of nitrogens with one attached hydrogen (secondary N) is 1. The van der Waals surface area contributed by atoms with Crippen molar-refractivity contribution >= 4 is 6.09 Å². The van der Waals surface area contributed by atoms with E-state index < -0.39 is 5.60 Å². The molecule has 1 unspecified atom stereocenters. The largest absolute Gasteiger partial charge is 0.444 e. The van der Waals surface area contributed by atoms with Gasteiger partial charge in [-0.1, -0.05) is 12.8 Å². The van der Waals surface area contributed by atoms with Crippen LogP contribution in [-0.2, 0) is 4.74 Å². The molecule has 2 saturated heterocycles. The summed E-state index contributed by atoms with van der Waals surface area (Å²) in [6.45, 7) is 8.88. The highest BCUT2D eigenvalue weighted by Gasteiger charge is 2.34. The standard InChI is InChI=1S/C16H30N2O2/c1-16(2,3)20-15(19)18-12-6-4-5-7-14(18)13-8-10-17-11-9-13/h13-14,17H,4-12H2,1-3H3. The van der Waals surface area contributed by atoms with Crippen LogP contribution in [0.25, 0.3) is 0 Å². The lowest BCUT2D eigenvalue weighted by Gasteiger charge is -2.38. The smallest absolute Gasteiger partial charge is 0.410 e. The molecule has 2 aliphatic rings. The fourth-order valence-corrected chi connectivity index (χ4v) is 3.40. The fourth-order valence-electron chi connectivity index (χ4n) is 3.40. The van der Waals surface area contributed by atoms with Gasteiger partial charge >= 0.3 is 6.09 Å². The summed E-state index contributed by atoms with van der Waals surface area (Å²) >= 11 is 0. The van der Waals surface area contributed by atoms with Gasteiger partial charge < -0.3 is 15.0 Å². The molecule has 0 aromatic rings. The second-order valence-electron chi connectivity index (χ2n) is 7.18. The third kappa shape index (κ3) is 4.37. The van der Waals surface area contributed by atoms with Crippen molar-refractivity contribution in [3.05, 3.63) is 0 Å². The predicted molar refractivity (Wildman–Crippen MR) is 80.8 cm³/mol. The Morgan fingerprint density at radius 3 is 2.45 bits per heavy atom. The highest BCUT2D eigenvalue weighted by molar-refractivity contribution is 5.68. The maximum Gasteiger partial charge on any atom is 0.410 e. The molecule has 0 aromatic heterocycles. The number of nitrogens with zero attached hydrogens (tertiary/aromatic N) is 1. The van der Waals surface area contributed by atoms with Crippen LogP contribution < -0.4 is 5.32 Å². The molecule has 4 nitrogen and oxygen atoms in total. The minimum atomic E-state index is -0.401. The van der Waals surface area contributed by atoms with Gasteiger partial charge in [-0.15, -0.1) is 0 Å². The van der Waals surface area contributed by atoms with Gasteiger partial charge in [0.05, 0.1) is 0 Å². The van der Waals surface area contributed by atoms with Crippen LogP contribution in [0.1, 0.15) is 59.3 Å². The van der Waals surface area contributed by atoms with E-state index in [1.807, 2.05) is 25.7 Å². The number of ether oxygens (including phenoxy) is 1. The Labute approximate surface area is 123 Å². The molecule has 4 heteroatoms. The minimum absolute atomic E-state index is 0.108. The molecule has 0 radical (unpaired) electrons. The van der Waals surface area contributed by atoms with Gasteiger partial charge in [-0.25, -0.2) is 4.79 Å². The Kier molecular flexibility index (Phi) is 5.30. The first-order valence-electron chi connectivity index (χ1n) is 8.18. The van der Waals surface area contributed by atoms with Gasteiger partial charge in [-0.2, -0.15) is 0 Å². The molecular weight excluding hydrogens is 252 g/mol. The van der Waals surface area contributed by atoms with Crippen molar-refractivity contribution < 1.29 is 9.53 Å². The Hall–Kier alpha value is -0.770. The summed E-state index contributed by atoms with van der Waals surface area (Å²) in [4.78, 5) is 14.5. The van der Waals surface area contributed by atoms with Gasteiger partial charge in [0.25, 0.3) is 0 Å². The van der Waals surface area contributed by atoms with E-state index >= 15 is 0 Å². The van der Waals surface area contributed by atoms with Crippen molar-refractivity contribution in [1.29, 1.82) is 0 Å². The molecule has 116 valence electrons. The summed E-state index contributed by atoms with van der Waals surface area (Å²) in [7, 11) is 0. The van der Waals surface area contributed by atoms with Crippen LogP contribution in [-0.4, -0.2) is 42.3 Å². The van der Waals surface area contributed by atoms with Gasteiger partial charge in [0.15, 0.2) is 0 Å². The van der Waals surface area contributed by atoms with E-state index in [-0.39, 0.29) is 6.09 Å². The van der Waals surface area contributed by atoms with Crippen LogP contribution in [0.4, 0.5) is 4.79 Å². The lowest BCUT2D eigenvalue weighted by atomic mass is 9.87. The van der Waals surface area contributed by atoms with E-state index in [4.69, 9.17) is 4.74 Å². The first kappa shape index (κ1) is 15.6. The minimum Gasteiger partial charge on any atom is -0.444 e. The fraction of sp³-hybridized carbons (Fsp3) is 0.938. The number of hydrogen-bond acceptors (Lipinski definition) is 3. The summed E-state index contributed by atoms with van der Waals surface area (Å²) in [5.41, 5.74) is -0.401. The third-order valence-electron chi connectivity index (χ3n) is 4.36. The van der Waals surface area contributed by atoms with E-state index in [1.54, 1.807) is 0 Å². The van der Waals surface area contributed by atoms with E-state index in [2.05, 4.69) is 5.32 Å². The zero-order valence-corrected chi connectivity index (χ0v) is 13.3. The second kappa shape index (κ2) is 6.79. The van der Waals surface area contributed by atoms with Gasteiger partial charge in [0, 0.05) is 12.6 Å². The van der Waals surface area contributed by atoms with Crippen molar-refractivity contribution in [2.24, 2.45) is 5.92 Å². The number of carbonyl (C=O) groups excluding carboxylic acids is 1. The Morgan fingerprint density at radius 1 is 1.10 bits per heavy atom. The molecular formula is C16H30N2O2. The first-order valence-corrected chi connectivity index (χ1v) is 8.18. The third-order valence-corrected chi connectivity index (χ3v) is 4.36. The van der Waals surface area contributed by atoms with Crippen molar-refractivity contribution in [1.82, 2.24) is 10.2 Å². The van der Waals surface area contributed by atoms with Gasteiger partial charge in [0.1, 0.15) is 5.60 Å². The van der Waals surface area contributed by atoms with Crippen molar-refractivity contribution in [2.45, 2.75) is 70.9 Å². The lowest BCUT2D eigenvalue weighted by molar-refractivity contribution is 0.00789. The molecule has 0 aliphatic carbocycles. The first-order chi connectivity index (χ1) is 9.47. The zero-order valence-electron chi connectivity index (χ0n) is 13.3. The van der Waals surface area contributed by atoms with E-state index in [9.17, 15) is 4.79 Å². The second-order valence-corrected chi connectivity index (χ2v) is 7.18. The average Bonchev–Trinajstić information content (AvgIpc) is 2.63. The summed E-state index contributed by atoms with van der Waals surface area (Å²) in [5.74, 6) is 0.641. The molecule has 0 spiro atoms. The van der Waals surface area contributed by atoms with E-state index in [0.29, 0.717) is 12.0 Å². The molecule has 1 atom stereocenters. The van der Waals surface area contributed by atoms with Crippen LogP contribution in [0.2, 0.25) is 0 Å². The topological polar surface area (TPSA) is 41.6 Å². The molecule has 2 heterocycles. The molecule has 2 fully saturated rings. The maximum atomic E-state index is 12.5. The molecule has 0 aromatic carbocycles. The van der Waals surface area contributed by atoms with Gasteiger partial charge in [-0.3, -0.25) is 0 Å². The van der Waals surface area contributed by atoms with Gasteiger partial charge in [-0.05, 0) is 65.5 Å². The number of hydrogen-bond donors (Lipinski definition) is 1. The predicted octanol–water partition coefficient (Wildman–Crippen LogP) is 3.17. The molecule has 2 rings (SSSR count). The summed E-state index contributed by atoms with van der Waals surface area (Å²) < 4.78 is 5.63. The highest BCUT2D eigenvalue weighted by Crippen LogP contribution is 2.29. The number of amides is 1. The van der Waals surface area contributed by atoms with Crippen LogP contribution in [0.15, 0.2) is 0 Å². The van der Waals surface area contributed by atoms with Crippen molar-refractivity contribution in [3.8, 4) is 0 Å². The quantitative estimate of drug-likeness (QED) is 0.803. The Morgan fingerprint density at radius 2 is 1.80 bits per heavy atom. The number of likely N-dealkylation sites (tertiary alicyclic amines) is 1. The molecule has 0 saturated carbocycles. The molecule has 0 bridgehead atoms. The molecule has 2 aliphatic heterocycles. The van der Waals surface area contributed by atoms with E-state index in [0.717, 1.165) is 32.5 Å². The SMILES string of the molecule is CC(C)(C)OC(=O)N1CCCCCC1C1CCNCC1. The van der Waals surface area contributed by atoms with Crippen molar-refractivity contribution in [2.75, 3.05) is 19.6 Å². The van der Waals surface area contributed by atoms with E-state index in [1.165, 1.54) is 25.7 Å². The Balaban J connectivity index is 2.05. The maximum absolute atomic E-state index is 12.5. The van der Waals surface area contributed by atoms with Crippen LogP contribution in [0, 0.1) is 5.92 Å². The normalized spacial score (nSPS) is 26.1. The molecule has 20 heavy (non-hydrogen) atoms. The highest BCUT2D eigenvalue weighted by atomic mass is 16.6. The van der Waals surface area contributed by atoms with Crippen LogP contribution in [0.5, 0.6) is 0 Å². The summed E-state index contributed by atoms with van der Waals surface area (Å²) in [5, 5.41) is 3.42. The molecule has 1 N–H and O–H groups in total. The lowest BCUT2D eigenvalue weighted by Crippen LogP contribution is -2.48. The number of carbonyl (C=O) groups is 1.